The number of benzene rings is 1. The Labute approximate surface area is 76.2 Å². The molecular formula is C7H7ClHgO. The second-order valence-electron chi connectivity index (χ2n) is 1.95. The van der Waals surface area contributed by atoms with Crippen LogP contribution < -0.4 is 7.81 Å². The second kappa shape index (κ2) is 4.19. The van der Waals surface area contributed by atoms with E-state index < -0.39 is 23.3 Å². The Morgan fingerprint density at radius 2 is 2.10 bits per heavy atom. The van der Waals surface area contributed by atoms with Crippen LogP contribution in [0.2, 0.25) is 0 Å². The van der Waals surface area contributed by atoms with E-state index in [0.717, 1.165) is 5.75 Å². The van der Waals surface area contributed by atoms with Gasteiger partial charge in [0, 0.05) is 0 Å². The Bertz CT molecular complexity index is 192. The van der Waals surface area contributed by atoms with Crippen molar-refractivity contribution in [3.05, 3.63) is 24.3 Å². The Morgan fingerprint density at radius 1 is 1.40 bits per heavy atom. The molecule has 0 fully saturated rings. The summed E-state index contributed by atoms with van der Waals surface area (Å²) in [6, 6.07) is 7.97. The van der Waals surface area contributed by atoms with Crippen LogP contribution in [0.4, 0.5) is 0 Å². The van der Waals surface area contributed by atoms with Crippen molar-refractivity contribution in [1.82, 2.24) is 0 Å². The molecular weight excluding hydrogens is 336 g/mol. The molecule has 0 bridgehead atoms. The molecule has 0 amide bonds. The van der Waals surface area contributed by atoms with E-state index >= 15 is 0 Å². The number of ether oxygens (including phenoxy) is 1. The SMILES string of the molecule is COc1cccc[c]1[Hg][Cl]. The average molecular weight is 343 g/mol. The Morgan fingerprint density at radius 3 is 2.60 bits per heavy atom. The molecule has 0 spiro atoms. The molecule has 0 radical (unpaired) electrons. The van der Waals surface area contributed by atoms with Gasteiger partial charge in [-0.2, -0.15) is 0 Å². The van der Waals surface area contributed by atoms with Gasteiger partial charge >= 0.3 is 76.5 Å². The fraction of sp³-hybridized carbons (Fsp3) is 0.143. The van der Waals surface area contributed by atoms with Gasteiger partial charge in [0.25, 0.3) is 0 Å². The third-order valence-electron chi connectivity index (χ3n) is 1.34. The summed E-state index contributed by atoms with van der Waals surface area (Å²) in [6.45, 7) is 0. The van der Waals surface area contributed by atoms with E-state index in [1.807, 2.05) is 24.3 Å². The van der Waals surface area contributed by atoms with E-state index in [9.17, 15) is 0 Å². The molecule has 1 rings (SSSR count). The minimum absolute atomic E-state index is 0.958. The maximum atomic E-state index is 5.85. The van der Waals surface area contributed by atoms with Crippen LogP contribution in [-0.2, 0) is 23.3 Å². The summed E-state index contributed by atoms with van der Waals surface area (Å²) in [6.07, 6.45) is 0. The third-order valence-corrected chi connectivity index (χ3v) is 7.25. The van der Waals surface area contributed by atoms with E-state index in [1.165, 1.54) is 3.07 Å². The first-order valence-corrected chi connectivity index (χ1v) is 12.6. The molecule has 0 unspecified atom stereocenters. The second-order valence-corrected chi connectivity index (χ2v) is 8.29. The fourth-order valence-corrected chi connectivity index (χ4v) is 5.16. The molecule has 0 aliphatic carbocycles. The minimum atomic E-state index is -1.26. The quantitative estimate of drug-likeness (QED) is 0.741. The zero-order valence-corrected chi connectivity index (χ0v) is 12.1. The van der Waals surface area contributed by atoms with Gasteiger partial charge in [-0.05, 0) is 0 Å². The standard InChI is InChI=1S/C7H7O.ClH.Hg/c1-8-7-5-3-2-4-6-7;;/h2-5H,1H3;1H;/q;;+1/p-1. The van der Waals surface area contributed by atoms with Crippen LogP contribution in [0.3, 0.4) is 0 Å². The molecule has 3 heteroatoms. The van der Waals surface area contributed by atoms with E-state index in [-0.39, 0.29) is 0 Å². The van der Waals surface area contributed by atoms with Crippen LogP contribution in [0, 0.1) is 0 Å². The number of halogens is 1. The van der Waals surface area contributed by atoms with Crippen LogP contribution >= 0.6 is 8.25 Å². The normalized spacial score (nSPS) is 8.60. The van der Waals surface area contributed by atoms with Gasteiger partial charge in [0.2, 0.25) is 0 Å². The van der Waals surface area contributed by atoms with Gasteiger partial charge in [0.15, 0.2) is 0 Å². The van der Waals surface area contributed by atoms with E-state index in [4.69, 9.17) is 13.0 Å². The third kappa shape index (κ3) is 1.86. The van der Waals surface area contributed by atoms with Crippen molar-refractivity contribution in [1.29, 1.82) is 0 Å². The topological polar surface area (TPSA) is 9.23 Å². The summed E-state index contributed by atoms with van der Waals surface area (Å²) in [7, 11) is 7.53. The van der Waals surface area contributed by atoms with Gasteiger partial charge in [-0.15, -0.1) is 0 Å². The van der Waals surface area contributed by atoms with Gasteiger partial charge in [-0.1, -0.05) is 0 Å². The van der Waals surface area contributed by atoms with Crippen LogP contribution in [0.25, 0.3) is 0 Å². The molecule has 0 saturated heterocycles. The number of rotatable bonds is 2. The van der Waals surface area contributed by atoms with Crippen LogP contribution in [0.5, 0.6) is 5.75 Å². The first-order chi connectivity index (χ1) is 4.88. The number of hydrogen-bond donors (Lipinski definition) is 0. The fourth-order valence-electron chi connectivity index (χ4n) is 0.813. The molecule has 50 valence electrons. The molecule has 1 aromatic rings. The zero-order chi connectivity index (χ0) is 7.40. The number of hydrogen-bond acceptors (Lipinski definition) is 1. The van der Waals surface area contributed by atoms with Gasteiger partial charge in [0.05, 0.1) is 0 Å². The predicted octanol–water partition coefficient (Wildman–Crippen LogP) is 1.56. The summed E-state index contributed by atoms with van der Waals surface area (Å²) in [5.74, 6) is 0.958. The summed E-state index contributed by atoms with van der Waals surface area (Å²) in [4.78, 5) is 0. The van der Waals surface area contributed by atoms with Crippen molar-refractivity contribution in [2.24, 2.45) is 0 Å². The monoisotopic (exact) mass is 344 g/mol. The van der Waals surface area contributed by atoms with Gasteiger partial charge in [-0.25, -0.2) is 0 Å². The van der Waals surface area contributed by atoms with Crippen molar-refractivity contribution in [3.63, 3.8) is 0 Å². The van der Waals surface area contributed by atoms with E-state index in [2.05, 4.69) is 0 Å². The first kappa shape index (κ1) is 8.34. The molecule has 0 heterocycles. The van der Waals surface area contributed by atoms with Crippen molar-refractivity contribution in [2.45, 2.75) is 0 Å². The molecule has 0 aliphatic heterocycles. The molecule has 0 aromatic heterocycles. The summed E-state index contributed by atoms with van der Waals surface area (Å²) in [5, 5.41) is 0. The van der Waals surface area contributed by atoms with Gasteiger partial charge in [0.1, 0.15) is 0 Å². The summed E-state index contributed by atoms with van der Waals surface area (Å²) >= 11 is -1.26. The molecule has 0 aliphatic rings. The van der Waals surface area contributed by atoms with Crippen LogP contribution in [-0.4, -0.2) is 7.11 Å². The van der Waals surface area contributed by atoms with Crippen molar-refractivity contribution < 1.29 is 28.1 Å². The van der Waals surface area contributed by atoms with Crippen LogP contribution in [0.1, 0.15) is 0 Å². The predicted molar refractivity (Wildman–Crippen MR) is 38.5 cm³/mol. The number of para-hydroxylation sites is 1. The van der Waals surface area contributed by atoms with Gasteiger partial charge in [-0.3, -0.25) is 0 Å². The summed E-state index contributed by atoms with van der Waals surface area (Å²) < 4.78 is 6.36. The maximum absolute atomic E-state index is 5.85. The van der Waals surface area contributed by atoms with E-state index in [0.29, 0.717) is 0 Å². The Hall–Kier alpha value is 0.245. The summed E-state index contributed by atoms with van der Waals surface area (Å²) in [5.41, 5.74) is 0. The van der Waals surface area contributed by atoms with E-state index in [1.54, 1.807) is 7.11 Å². The molecule has 1 aromatic carbocycles. The average Bonchev–Trinajstić information content (AvgIpc) is 2.04. The Balaban J connectivity index is 2.96. The first-order valence-electron chi connectivity index (χ1n) is 3.06. The van der Waals surface area contributed by atoms with Crippen molar-refractivity contribution in [3.8, 4) is 5.75 Å². The molecule has 0 atom stereocenters. The molecule has 0 saturated carbocycles. The zero-order valence-electron chi connectivity index (χ0n) is 5.80. The number of methoxy groups -OCH3 is 1. The van der Waals surface area contributed by atoms with Crippen LogP contribution in [0.15, 0.2) is 24.3 Å². The van der Waals surface area contributed by atoms with Crippen molar-refractivity contribution >= 4 is 11.3 Å². The molecule has 0 N–H and O–H groups in total. The van der Waals surface area contributed by atoms with Crippen molar-refractivity contribution in [2.75, 3.05) is 7.11 Å². The molecule has 1 nitrogen and oxygen atoms in total. The van der Waals surface area contributed by atoms with Gasteiger partial charge < -0.3 is 0 Å². The Kier molecular flexibility index (Phi) is 3.50. The molecule has 10 heavy (non-hydrogen) atoms.